The SMILES string of the molecule is CCOc1c(Br)cc([C@@H]2Nc3ccccc3NC3=C2C(=O)C[C@@H](c2cccs2)C3)cc1OC. The van der Waals surface area contributed by atoms with Gasteiger partial charge < -0.3 is 20.1 Å². The van der Waals surface area contributed by atoms with Crippen LogP contribution in [0.15, 0.2) is 69.7 Å². The largest absolute Gasteiger partial charge is 0.493 e. The summed E-state index contributed by atoms with van der Waals surface area (Å²) in [6.07, 6.45) is 1.30. The second-order valence-corrected chi connectivity index (χ2v) is 9.98. The van der Waals surface area contributed by atoms with Crippen LogP contribution in [0.3, 0.4) is 0 Å². The number of allylic oxidation sites excluding steroid dienone is 1. The van der Waals surface area contributed by atoms with Crippen molar-refractivity contribution in [1.82, 2.24) is 0 Å². The summed E-state index contributed by atoms with van der Waals surface area (Å²) in [5.41, 5.74) is 4.65. The van der Waals surface area contributed by atoms with E-state index in [1.54, 1.807) is 18.4 Å². The van der Waals surface area contributed by atoms with E-state index in [1.165, 1.54) is 4.88 Å². The van der Waals surface area contributed by atoms with Crippen LogP contribution in [0.1, 0.15) is 42.2 Å². The number of ketones is 1. The van der Waals surface area contributed by atoms with Crippen LogP contribution in [0.2, 0.25) is 0 Å². The van der Waals surface area contributed by atoms with E-state index in [4.69, 9.17) is 9.47 Å². The van der Waals surface area contributed by atoms with Gasteiger partial charge in [0.1, 0.15) is 0 Å². The van der Waals surface area contributed by atoms with E-state index in [-0.39, 0.29) is 17.7 Å². The first kappa shape index (κ1) is 22.0. The highest BCUT2D eigenvalue weighted by Gasteiger charge is 2.36. The zero-order chi connectivity index (χ0) is 22.9. The van der Waals surface area contributed by atoms with Crippen molar-refractivity contribution >= 4 is 44.4 Å². The molecule has 0 radical (unpaired) electrons. The highest BCUT2D eigenvalue weighted by atomic mass is 79.9. The average molecular weight is 525 g/mol. The molecule has 0 unspecified atom stereocenters. The monoisotopic (exact) mass is 524 g/mol. The molecule has 2 aliphatic rings. The number of carbonyl (C=O) groups is 1. The number of methoxy groups -OCH3 is 1. The summed E-state index contributed by atoms with van der Waals surface area (Å²) < 4.78 is 12.2. The van der Waals surface area contributed by atoms with Crippen molar-refractivity contribution in [2.45, 2.75) is 31.7 Å². The Balaban J connectivity index is 1.64. The fourth-order valence-electron chi connectivity index (χ4n) is 4.66. The van der Waals surface area contributed by atoms with Crippen LogP contribution in [-0.4, -0.2) is 19.5 Å². The van der Waals surface area contributed by atoms with Crippen molar-refractivity contribution in [3.05, 3.63) is 80.1 Å². The number of fused-ring (bicyclic) bond motifs is 1. The van der Waals surface area contributed by atoms with Gasteiger partial charge in [-0.15, -0.1) is 11.3 Å². The Bertz CT molecular complexity index is 1220. The molecule has 0 fully saturated rings. The Morgan fingerprint density at radius 2 is 1.94 bits per heavy atom. The molecule has 5 nitrogen and oxygen atoms in total. The molecule has 3 aromatic rings. The number of Topliss-reactive ketones (excluding diaryl/α,β-unsaturated/α-hetero) is 1. The second-order valence-electron chi connectivity index (χ2n) is 8.15. The first-order valence-corrected chi connectivity index (χ1v) is 12.7. The number of thiophene rings is 1. The van der Waals surface area contributed by atoms with Crippen molar-refractivity contribution in [3.8, 4) is 11.5 Å². The molecular weight excluding hydrogens is 500 g/mol. The van der Waals surface area contributed by atoms with E-state index in [0.717, 1.165) is 39.1 Å². The fraction of sp³-hybridized carbons (Fsp3) is 0.269. The number of carbonyl (C=O) groups excluding carboxylic acids is 1. The molecule has 0 amide bonds. The van der Waals surface area contributed by atoms with Gasteiger partial charge in [-0.25, -0.2) is 0 Å². The van der Waals surface area contributed by atoms with Gasteiger partial charge in [0.25, 0.3) is 0 Å². The van der Waals surface area contributed by atoms with Gasteiger partial charge in [0.2, 0.25) is 0 Å². The van der Waals surface area contributed by atoms with Gasteiger partial charge in [0.05, 0.1) is 35.6 Å². The molecule has 2 aromatic carbocycles. The van der Waals surface area contributed by atoms with Crippen LogP contribution in [0.4, 0.5) is 11.4 Å². The second kappa shape index (κ2) is 9.23. The fourth-order valence-corrected chi connectivity index (χ4v) is 6.06. The molecule has 1 aliphatic heterocycles. The maximum absolute atomic E-state index is 13.6. The van der Waals surface area contributed by atoms with Crippen molar-refractivity contribution in [3.63, 3.8) is 0 Å². The number of halogens is 1. The molecule has 2 N–H and O–H groups in total. The van der Waals surface area contributed by atoms with Crippen LogP contribution < -0.4 is 20.1 Å². The maximum Gasteiger partial charge on any atom is 0.175 e. The topological polar surface area (TPSA) is 59.6 Å². The third-order valence-electron chi connectivity index (χ3n) is 6.13. The summed E-state index contributed by atoms with van der Waals surface area (Å²) >= 11 is 5.37. The van der Waals surface area contributed by atoms with Gasteiger partial charge in [-0.2, -0.15) is 0 Å². The third-order valence-corrected chi connectivity index (χ3v) is 7.75. The number of rotatable bonds is 5. The number of hydrogen-bond donors (Lipinski definition) is 2. The minimum atomic E-state index is -0.311. The zero-order valence-electron chi connectivity index (χ0n) is 18.5. The number of ether oxygens (including phenoxy) is 2. The lowest BCUT2D eigenvalue weighted by atomic mass is 9.80. The zero-order valence-corrected chi connectivity index (χ0v) is 20.9. The summed E-state index contributed by atoms with van der Waals surface area (Å²) in [6, 6.07) is 15.9. The van der Waals surface area contributed by atoms with Gasteiger partial charge in [-0.05, 0) is 70.5 Å². The van der Waals surface area contributed by atoms with E-state index in [1.807, 2.05) is 43.3 Å². The predicted molar refractivity (Wildman–Crippen MR) is 137 cm³/mol. The van der Waals surface area contributed by atoms with Crippen molar-refractivity contribution in [1.29, 1.82) is 0 Å². The number of hydrogen-bond acceptors (Lipinski definition) is 6. The smallest absolute Gasteiger partial charge is 0.175 e. The maximum atomic E-state index is 13.6. The Labute approximate surface area is 205 Å². The third kappa shape index (κ3) is 4.15. The van der Waals surface area contributed by atoms with E-state index in [2.05, 4.69) is 44.1 Å². The Hall–Kier alpha value is -2.77. The highest BCUT2D eigenvalue weighted by Crippen LogP contribution is 2.47. The van der Waals surface area contributed by atoms with Gasteiger partial charge in [-0.3, -0.25) is 4.79 Å². The summed E-state index contributed by atoms with van der Waals surface area (Å²) in [6.45, 7) is 2.47. The molecule has 0 bridgehead atoms. The van der Waals surface area contributed by atoms with Gasteiger partial charge in [0.15, 0.2) is 17.3 Å². The number of anilines is 2. The molecule has 170 valence electrons. The molecule has 5 rings (SSSR count). The van der Waals surface area contributed by atoms with Crippen molar-refractivity contribution < 1.29 is 14.3 Å². The average Bonchev–Trinajstić information content (AvgIpc) is 3.29. The van der Waals surface area contributed by atoms with E-state index in [9.17, 15) is 4.79 Å². The van der Waals surface area contributed by atoms with Crippen molar-refractivity contribution in [2.75, 3.05) is 24.4 Å². The van der Waals surface area contributed by atoms with Gasteiger partial charge >= 0.3 is 0 Å². The molecule has 7 heteroatoms. The molecule has 33 heavy (non-hydrogen) atoms. The number of nitrogens with one attached hydrogen (secondary N) is 2. The van der Waals surface area contributed by atoms with Crippen LogP contribution in [0.25, 0.3) is 0 Å². The molecule has 0 saturated carbocycles. The normalized spacial score (nSPS) is 19.7. The number of benzene rings is 2. The molecule has 2 heterocycles. The molecule has 2 atom stereocenters. The van der Waals surface area contributed by atoms with E-state index >= 15 is 0 Å². The number of para-hydroxylation sites is 2. The Morgan fingerprint density at radius 1 is 1.12 bits per heavy atom. The van der Waals surface area contributed by atoms with Crippen LogP contribution >= 0.6 is 27.3 Å². The van der Waals surface area contributed by atoms with Gasteiger partial charge in [-0.1, -0.05) is 18.2 Å². The summed E-state index contributed by atoms with van der Waals surface area (Å²) in [5, 5.41) is 9.30. The lowest BCUT2D eigenvalue weighted by molar-refractivity contribution is -0.116. The first-order chi connectivity index (χ1) is 16.1. The minimum Gasteiger partial charge on any atom is -0.493 e. The Kier molecular flexibility index (Phi) is 6.17. The predicted octanol–water partition coefficient (Wildman–Crippen LogP) is 6.90. The minimum absolute atomic E-state index is 0.163. The highest BCUT2D eigenvalue weighted by molar-refractivity contribution is 9.10. The summed E-state index contributed by atoms with van der Waals surface area (Å²) in [7, 11) is 1.63. The molecule has 0 spiro atoms. The van der Waals surface area contributed by atoms with E-state index in [0.29, 0.717) is 24.5 Å². The lowest BCUT2D eigenvalue weighted by Crippen LogP contribution is -2.26. The summed E-state index contributed by atoms with van der Waals surface area (Å²) in [5.74, 6) is 1.65. The standard InChI is InChI=1S/C26H25BrN2O3S/c1-3-32-26-17(27)11-16(14-22(26)31-2)25-24-20(28-18-7-4-5-8-19(18)29-25)12-15(13-21(24)30)23-9-6-10-33-23/h4-11,14-15,25,28-29H,3,12-13H2,1-2H3/t15-,25-/m0/s1. The Morgan fingerprint density at radius 3 is 2.67 bits per heavy atom. The lowest BCUT2D eigenvalue weighted by Gasteiger charge is -2.29. The molecule has 1 aromatic heterocycles. The van der Waals surface area contributed by atoms with Gasteiger partial charge in [0, 0.05) is 28.5 Å². The van der Waals surface area contributed by atoms with Crippen LogP contribution in [0, 0.1) is 0 Å². The molecule has 0 saturated heterocycles. The van der Waals surface area contributed by atoms with E-state index < -0.39 is 0 Å². The van der Waals surface area contributed by atoms with Crippen LogP contribution in [0.5, 0.6) is 11.5 Å². The first-order valence-electron chi connectivity index (χ1n) is 11.0. The van der Waals surface area contributed by atoms with Crippen molar-refractivity contribution in [2.24, 2.45) is 0 Å². The molecular formula is C26H25BrN2O3S. The van der Waals surface area contributed by atoms with Crippen LogP contribution in [-0.2, 0) is 4.79 Å². The summed E-state index contributed by atoms with van der Waals surface area (Å²) in [4.78, 5) is 14.9. The molecule has 1 aliphatic carbocycles. The quantitative estimate of drug-likeness (QED) is 0.380.